The normalized spacial score (nSPS) is 12.6. The molecule has 30 heavy (non-hydrogen) atoms. The van der Waals surface area contributed by atoms with E-state index in [1.165, 1.54) is 18.4 Å². The van der Waals surface area contributed by atoms with Gasteiger partial charge >= 0.3 is 6.18 Å². The molecule has 0 heterocycles. The first kappa shape index (κ1) is 21.2. The molecule has 3 nitrogen and oxygen atoms in total. The standard InChI is InChI=1S/C24H20F3NO2/c1-17-11-13-21(14-12-17)29-16-18(2)23(28-20-8-4-3-5-9-20)30-22-10-6-7-19(15-22)24(25,26)27/h3-16H,1-2H3/b18-16+,28-23?. The molecule has 0 radical (unpaired) electrons. The molecule has 0 atom stereocenters. The zero-order valence-electron chi connectivity index (χ0n) is 16.5. The Morgan fingerprint density at radius 1 is 0.867 bits per heavy atom. The first-order valence-electron chi connectivity index (χ1n) is 9.20. The van der Waals surface area contributed by atoms with Crippen LogP contribution in [0.4, 0.5) is 18.9 Å². The number of hydrogen-bond acceptors (Lipinski definition) is 3. The number of benzene rings is 3. The van der Waals surface area contributed by atoms with Gasteiger partial charge in [0.25, 0.3) is 0 Å². The number of hydrogen-bond donors (Lipinski definition) is 0. The van der Waals surface area contributed by atoms with Crippen LogP contribution >= 0.6 is 0 Å². The largest absolute Gasteiger partial charge is 0.465 e. The van der Waals surface area contributed by atoms with Gasteiger partial charge in [-0.15, -0.1) is 0 Å². The number of ether oxygens (including phenoxy) is 2. The van der Waals surface area contributed by atoms with Crippen LogP contribution in [0, 0.1) is 6.92 Å². The number of alkyl halides is 3. The van der Waals surface area contributed by atoms with E-state index >= 15 is 0 Å². The molecule has 3 aromatic carbocycles. The monoisotopic (exact) mass is 411 g/mol. The van der Waals surface area contributed by atoms with Gasteiger partial charge in [0.15, 0.2) is 0 Å². The van der Waals surface area contributed by atoms with E-state index in [0.717, 1.165) is 17.7 Å². The van der Waals surface area contributed by atoms with E-state index < -0.39 is 11.7 Å². The first-order valence-corrected chi connectivity index (χ1v) is 9.20. The molecule has 0 aliphatic carbocycles. The van der Waals surface area contributed by atoms with Gasteiger partial charge in [0.05, 0.1) is 17.5 Å². The molecule has 0 aromatic heterocycles. The molecule has 0 amide bonds. The zero-order valence-corrected chi connectivity index (χ0v) is 16.5. The van der Waals surface area contributed by atoms with Crippen LogP contribution in [-0.4, -0.2) is 5.90 Å². The zero-order chi connectivity index (χ0) is 21.6. The van der Waals surface area contributed by atoms with Crippen LogP contribution in [-0.2, 0) is 6.18 Å². The number of aliphatic imine (C=N–C) groups is 1. The molecule has 3 rings (SSSR count). The molecular formula is C24H20F3NO2. The summed E-state index contributed by atoms with van der Waals surface area (Å²) >= 11 is 0. The van der Waals surface area contributed by atoms with Crippen molar-refractivity contribution in [3.63, 3.8) is 0 Å². The van der Waals surface area contributed by atoms with Crippen molar-refractivity contribution >= 4 is 11.6 Å². The van der Waals surface area contributed by atoms with Crippen LogP contribution in [0.2, 0.25) is 0 Å². The van der Waals surface area contributed by atoms with E-state index in [0.29, 0.717) is 17.0 Å². The van der Waals surface area contributed by atoms with Crippen molar-refractivity contribution in [3.8, 4) is 11.5 Å². The lowest BCUT2D eigenvalue weighted by molar-refractivity contribution is -0.137. The Labute approximate surface area is 173 Å². The second kappa shape index (κ2) is 9.31. The Kier molecular flexibility index (Phi) is 6.57. The van der Waals surface area contributed by atoms with E-state index in [1.54, 1.807) is 19.1 Å². The summed E-state index contributed by atoms with van der Waals surface area (Å²) in [6, 6.07) is 21.1. The quantitative estimate of drug-likeness (QED) is 0.255. The highest BCUT2D eigenvalue weighted by atomic mass is 19.4. The van der Waals surface area contributed by atoms with Gasteiger partial charge in [-0.1, -0.05) is 42.0 Å². The molecule has 0 aliphatic rings. The fraction of sp³-hybridized carbons (Fsp3) is 0.125. The predicted molar refractivity (Wildman–Crippen MR) is 111 cm³/mol. The highest BCUT2D eigenvalue weighted by Crippen LogP contribution is 2.31. The molecule has 0 unspecified atom stereocenters. The topological polar surface area (TPSA) is 30.8 Å². The Hall–Kier alpha value is -3.54. The van der Waals surface area contributed by atoms with Crippen molar-refractivity contribution in [1.82, 2.24) is 0 Å². The van der Waals surface area contributed by atoms with E-state index in [2.05, 4.69) is 4.99 Å². The maximum Gasteiger partial charge on any atom is 0.416 e. The van der Waals surface area contributed by atoms with Crippen molar-refractivity contribution in [2.75, 3.05) is 0 Å². The van der Waals surface area contributed by atoms with Gasteiger partial charge in [-0.25, -0.2) is 4.99 Å². The Bertz CT molecular complexity index is 1040. The van der Waals surface area contributed by atoms with Crippen LogP contribution in [0.3, 0.4) is 0 Å². The Morgan fingerprint density at radius 2 is 1.57 bits per heavy atom. The lowest BCUT2D eigenvalue weighted by Crippen LogP contribution is -2.12. The molecule has 0 saturated heterocycles. The number of nitrogens with zero attached hydrogens (tertiary/aromatic N) is 1. The second-order valence-electron chi connectivity index (χ2n) is 6.61. The molecule has 0 aliphatic heterocycles. The van der Waals surface area contributed by atoms with Crippen molar-refractivity contribution in [2.45, 2.75) is 20.0 Å². The van der Waals surface area contributed by atoms with Crippen molar-refractivity contribution in [3.05, 3.63) is 102 Å². The maximum atomic E-state index is 13.0. The third-order valence-corrected chi connectivity index (χ3v) is 4.09. The number of halogens is 3. The fourth-order valence-corrected chi connectivity index (χ4v) is 2.48. The van der Waals surface area contributed by atoms with Crippen LogP contribution in [0.15, 0.2) is 95.7 Å². The third kappa shape index (κ3) is 5.98. The molecule has 0 bridgehead atoms. The molecule has 6 heteroatoms. The molecule has 0 spiro atoms. The lowest BCUT2D eigenvalue weighted by Gasteiger charge is -2.12. The summed E-state index contributed by atoms with van der Waals surface area (Å²) in [6.07, 6.45) is -3.00. The van der Waals surface area contributed by atoms with Crippen LogP contribution in [0.1, 0.15) is 18.1 Å². The van der Waals surface area contributed by atoms with Crippen molar-refractivity contribution in [1.29, 1.82) is 0 Å². The summed E-state index contributed by atoms with van der Waals surface area (Å²) in [5.41, 5.74) is 1.42. The maximum absolute atomic E-state index is 13.0. The average molecular weight is 411 g/mol. The van der Waals surface area contributed by atoms with Gasteiger partial charge in [-0.3, -0.25) is 0 Å². The fourth-order valence-electron chi connectivity index (χ4n) is 2.48. The lowest BCUT2D eigenvalue weighted by atomic mass is 10.2. The molecular weight excluding hydrogens is 391 g/mol. The molecule has 0 fully saturated rings. The summed E-state index contributed by atoms with van der Waals surface area (Å²) in [6.45, 7) is 3.68. The summed E-state index contributed by atoms with van der Waals surface area (Å²) in [5, 5.41) is 0. The Morgan fingerprint density at radius 3 is 2.23 bits per heavy atom. The summed E-state index contributed by atoms with van der Waals surface area (Å²) in [7, 11) is 0. The van der Waals surface area contributed by atoms with E-state index in [4.69, 9.17) is 9.47 Å². The third-order valence-electron chi connectivity index (χ3n) is 4.09. The molecule has 3 aromatic rings. The Balaban J connectivity index is 1.90. The molecule has 154 valence electrons. The first-order chi connectivity index (χ1) is 14.3. The molecule has 0 N–H and O–H groups in total. The van der Waals surface area contributed by atoms with Gasteiger partial charge in [0.2, 0.25) is 5.90 Å². The van der Waals surface area contributed by atoms with Crippen molar-refractivity contribution in [2.24, 2.45) is 4.99 Å². The van der Waals surface area contributed by atoms with Gasteiger partial charge in [-0.05, 0) is 56.3 Å². The van der Waals surface area contributed by atoms with E-state index in [1.807, 2.05) is 49.4 Å². The van der Waals surface area contributed by atoms with Crippen molar-refractivity contribution < 1.29 is 22.6 Å². The summed E-state index contributed by atoms with van der Waals surface area (Å²) in [5.74, 6) is 0.785. The van der Waals surface area contributed by atoms with Crippen LogP contribution in [0.25, 0.3) is 0 Å². The summed E-state index contributed by atoms with van der Waals surface area (Å²) in [4.78, 5) is 4.44. The number of aryl methyl sites for hydroxylation is 1. The van der Waals surface area contributed by atoms with Gasteiger partial charge in [0.1, 0.15) is 11.5 Å². The van der Waals surface area contributed by atoms with Crippen LogP contribution in [0.5, 0.6) is 11.5 Å². The minimum atomic E-state index is -4.46. The van der Waals surface area contributed by atoms with Gasteiger partial charge in [-0.2, -0.15) is 13.2 Å². The van der Waals surface area contributed by atoms with Crippen LogP contribution < -0.4 is 9.47 Å². The minimum Gasteiger partial charge on any atom is -0.465 e. The number of para-hydroxylation sites is 1. The van der Waals surface area contributed by atoms with Gasteiger partial charge < -0.3 is 9.47 Å². The highest BCUT2D eigenvalue weighted by Gasteiger charge is 2.30. The predicted octanol–water partition coefficient (Wildman–Crippen LogP) is 7.11. The number of rotatable bonds is 5. The van der Waals surface area contributed by atoms with Gasteiger partial charge in [0, 0.05) is 5.57 Å². The summed E-state index contributed by atoms with van der Waals surface area (Å²) < 4.78 is 50.5. The molecule has 0 saturated carbocycles. The smallest absolute Gasteiger partial charge is 0.416 e. The second-order valence-corrected chi connectivity index (χ2v) is 6.61. The van der Waals surface area contributed by atoms with E-state index in [9.17, 15) is 13.2 Å². The average Bonchev–Trinajstić information content (AvgIpc) is 2.73. The SMILES string of the molecule is C/C(=C\Oc1ccc(C)cc1)C(=Nc1ccccc1)Oc1cccc(C(F)(F)F)c1. The highest BCUT2D eigenvalue weighted by molar-refractivity contribution is 5.96. The van der Waals surface area contributed by atoms with E-state index in [-0.39, 0.29) is 11.6 Å². The minimum absolute atomic E-state index is 0.0302.